The molecule has 0 aliphatic heterocycles. The Balaban J connectivity index is 0. The third-order valence-electron chi connectivity index (χ3n) is 3.57. The van der Waals surface area contributed by atoms with Crippen LogP contribution in [0.5, 0.6) is 0 Å². The van der Waals surface area contributed by atoms with E-state index in [1.165, 1.54) is 7.05 Å². The van der Waals surface area contributed by atoms with Gasteiger partial charge in [0.2, 0.25) is 0 Å². The van der Waals surface area contributed by atoms with Crippen molar-refractivity contribution in [1.29, 1.82) is 0 Å². The number of ether oxygens (including phenoxy) is 1. The zero-order chi connectivity index (χ0) is 21.2. The Hall–Kier alpha value is -1.42. The van der Waals surface area contributed by atoms with Crippen molar-refractivity contribution in [2.75, 3.05) is 7.05 Å². The number of nitrogens with two attached hydrogens (primary N) is 1. The molecule has 1 rings (SSSR count). The fraction of sp³-hybridized carbons (Fsp3) is 0.682. The number of rotatable bonds is 4. The summed E-state index contributed by atoms with van der Waals surface area (Å²) in [4.78, 5) is 12.2. The summed E-state index contributed by atoms with van der Waals surface area (Å²) in [6, 6.07) is 1.87. The van der Waals surface area contributed by atoms with E-state index in [9.17, 15) is 9.18 Å². The van der Waals surface area contributed by atoms with E-state index in [1.54, 1.807) is 6.92 Å². The largest absolute Gasteiger partial charge is 0.460 e. The lowest BCUT2D eigenvalue weighted by molar-refractivity contribution is -0.153. The second-order valence-electron chi connectivity index (χ2n) is 7.56. The molecule has 1 aromatic carbocycles. The van der Waals surface area contributed by atoms with Crippen molar-refractivity contribution in [1.82, 2.24) is 0 Å². The number of halogens is 1. The minimum absolute atomic E-state index is 0.0230. The molecule has 0 saturated heterocycles. The second kappa shape index (κ2) is 12.1. The van der Waals surface area contributed by atoms with Gasteiger partial charge in [-0.25, -0.2) is 4.39 Å². The molecule has 0 aliphatic rings. The maximum atomic E-state index is 14.6. The van der Waals surface area contributed by atoms with Gasteiger partial charge in [-0.2, -0.15) is 0 Å². The SMILES string of the molecule is CC.CN.Cc1cc(C(C)C)c(CC(=O)OC(C)(C)C)c(C(C)C)c1F. The molecule has 2 N–H and O–H groups in total. The highest BCUT2D eigenvalue weighted by Gasteiger charge is 2.24. The van der Waals surface area contributed by atoms with Gasteiger partial charge >= 0.3 is 5.97 Å². The molecule has 0 atom stereocenters. The lowest BCUT2D eigenvalue weighted by atomic mass is 9.85. The van der Waals surface area contributed by atoms with E-state index >= 15 is 0 Å². The predicted octanol–water partition coefficient (Wildman–Crippen LogP) is 5.87. The fourth-order valence-electron chi connectivity index (χ4n) is 2.72. The summed E-state index contributed by atoms with van der Waals surface area (Å²) in [6.45, 7) is 19.4. The number of hydrogen-bond donors (Lipinski definition) is 1. The summed E-state index contributed by atoms with van der Waals surface area (Å²) in [5.41, 5.74) is 7.08. The summed E-state index contributed by atoms with van der Waals surface area (Å²) < 4.78 is 20.0. The summed E-state index contributed by atoms with van der Waals surface area (Å²) in [6.07, 6.45) is 0.121. The number of carbonyl (C=O) groups excluding carboxylic acids is 1. The molecule has 0 bridgehead atoms. The molecule has 0 aliphatic carbocycles. The van der Waals surface area contributed by atoms with Crippen LogP contribution in [0.4, 0.5) is 4.39 Å². The molecule has 3 nitrogen and oxygen atoms in total. The summed E-state index contributed by atoms with van der Waals surface area (Å²) in [5.74, 6) is -0.249. The van der Waals surface area contributed by atoms with Crippen LogP contribution in [0, 0.1) is 12.7 Å². The first-order chi connectivity index (χ1) is 11.9. The lowest BCUT2D eigenvalue weighted by Gasteiger charge is -2.24. The molecule has 0 radical (unpaired) electrons. The van der Waals surface area contributed by atoms with Crippen molar-refractivity contribution in [2.24, 2.45) is 5.73 Å². The molecule has 0 aromatic heterocycles. The zero-order valence-electron chi connectivity index (χ0n) is 18.7. The first kappa shape index (κ1) is 26.8. The number of hydrogen-bond acceptors (Lipinski definition) is 3. The summed E-state index contributed by atoms with van der Waals surface area (Å²) >= 11 is 0. The van der Waals surface area contributed by atoms with E-state index < -0.39 is 5.60 Å². The smallest absolute Gasteiger partial charge is 0.310 e. The van der Waals surface area contributed by atoms with Crippen molar-refractivity contribution in [3.63, 3.8) is 0 Å². The van der Waals surface area contributed by atoms with Crippen molar-refractivity contribution in [2.45, 2.75) is 93.1 Å². The van der Waals surface area contributed by atoms with Crippen LogP contribution in [0.1, 0.15) is 96.4 Å². The van der Waals surface area contributed by atoms with Gasteiger partial charge in [0.05, 0.1) is 6.42 Å². The Kier molecular flexibility index (Phi) is 12.4. The van der Waals surface area contributed by atoms with Gasteiger partial charge in [-0.3, -0.25) is 4.79 Å². The molecule has 152 valence electrons. The average Bonchev–Trinajstić information content (AvgIpc) is 2.52. The van der Waals surface area contributed by atoms with Gasteiger partial charge in [0, 0.05) is 0 Å². The Bertz CT molecular complexity index is 558. The van der Waals surface area contributed by atoms with Gasteiger partial charge in [-0.15, -0.1) is 0 Å². The molecule has 1 aromatic rings. The lowest BCUT2D eigenvalue weighted by Crippen LogP contribution is -2.26. The minimum Gasteiger partial charge on any atom is -0.460 e. The highest BCUT2D eigenvalue weighted by molar-refractivity contribution is 5.74. The van der Waals surface area contributed by atoms with Crippen LogP contribution < -0.4 is 5.73 Å². The van der Waals surface area contributed by atoms with Crippen LogP contribution in [0.3, 0.4) is 0 Å². The quantitative estimate of drug-likeness (QED) is 0.676. The molecular formula is C22H40FNO2. The van der Waals surface area contributed by atoms with E-state index in [0.29, 0.717) is 11.1 Å². The number of aryl methyl sites for hydroxylation is 1. The average molecular weight is 370 g/mol. The van der Waals surface area contributed by atoms with E-state index in [4.69, 9.17) is 4.74 Å². The Morgan fingerprint density at radius 1 is 1.12 bits per heavy atom. The Morgan fingerprint density at radius 3 is 1.92 bits per heavy atom. The van der Waals surface area contributed by atoms with Gasteiger partial charge in [0.15, 0.2) is 0 Å². The van der Waals surface area contributed by atoms with Crippen LogP contribution in [0.2, 0.25) is 0 Å². The number of esters is 1. The fourth-order valence-corrected chi connectivity index (χ4v) is 2.72. The van der Waals surface area contributed by atoms with Crippen molar-refractivity contribution in [3.05, 3.63) is 34.1 Å². The standard InChI is InChI=1S/C19H29FO2.C2H6.CH5N/c1-11(2)14-9-13(5)18(20)17(12(3)4)15(14)10-16(21)22-19(6,7)8;2*1-2/h9,11-12H,10H2,1-8H3;1-2H3;2H2,1H3. The van der Waals surface area contributed by atoms with Gasteiger partial charge < -0.3 is 10.5 Å². The first-order valence-corrected chi connectivity index (χ1v) is 9.55. The summed E-state index contributed by atoms with van der Waals surface area (Å²) in [7, 11) is 1.50. The van der Waals surface area contributed by atoms with Crippen molar-refractivity contribution < 1.29 is 13.9 Å². The predicted molar refractivity (Wildman–Crippen MR) is 110 cm³/mol. The maximum absolute atomic E-state index is 14.6. The van der Waals surface area contributed by atoms with E-state index in [0.717, 1.165) is 11.1 Å². The molecule has 4 heteroatoms. The van der Waals surface area contributed by atoms with Crippen molar-refractivity contribution >= 4 is 5.97 Å². The first-order valence-electron chi connectivity index (χ1n) is 9.55. The van der Waals surface area contributed by atoms with Gasteiger partial charge in [-0.05, 0) is 68.8 Å². The second-order valence-corrected chi connectivity index (χ2v) is 7.56. The molecule has 0 amide bonds. The molecule has 0 fully saturated rings. The van der Waals surface area contributed by atoms with Gasteiger partial charge in [0.25, 0.3) is 0 Å². The van der Waals surface area contributed by atoms with Crippen LogP contribution >= 0.6 is 0 Å². The monoisotopic (exact) mass is 369 g/mol. The van der Waals surface area contributed by atoms with E-state index in [-0.39, 0.29) is 30.0 Å². The summed E-state index contributed by atoms with van der Waals surface area (Å²) in [5, 5.41) is 0. The van der Waals surface area contributed by atoms with Gasteiger partial charge in [-0.1, -0.05) is 47.6 Å². The third kappa shape index (κ3) is 8.31. The Morgan fingerprint density at radius 2 is 1.58 bits per heavy atom. The number of benzene rings is 1. The zero-order valence-corrected chi connectivity index (χ0v) is 18.7. The molecule has 26 heavy (non-hydrogen) atoms. The molecule has 0 unspecified atom stereocenters. The molecule has 0 heterocycles. The highest BCUT2D eigenvalue weighted by atomic mass is 19.1. The minimum atomic E-state index is -0.531. The van der Waals surface area contributed by atoms with Gasteiger partial charge in [0.1, 0.15) is 11.4 Å². The Labute approximate surface area is 160 Å². The normalized spacial score (nSPS) is 10.7. The van der Waals surface area contributed by atoms with Crippen LogP contribution in [0.15, 0.2) is 6.07 Å². The third-order valence-corrected chi connectivity index (χ3v) is 3.57. The van der Waals surface area contributed by atoms with Crippen LogP contribution in [0.25, 0.3) is 0 Å². The van der Waals surface area contributed by atoms with Crippen molar-refractivity contribution in [3.8, 4) is 0 Å². The topological polar surface area (TPSA) is 52.3 Å². The maximum Gasteiger partial charge on any atom is 0.310 e. The van der Waals surface area contributed by atoms with E-state index in [1.807, 2.05) is 54.5 Å². The highest BCUT2D eigenvalue weighted by Crippen LogP contribution is 2.33. The number of carbonyl (C=O) groups is 1. The van der Waals surface area contributed by atoms with Crippen LogP contribution in [-0.4, -0.2) is 18.6 Å². The van der Waals surface area contributed by atoms with E-state index in [2.05, 4.69) is 19.6 Å². The molecule has 0 spiro atoms. The van der Waals surface area contributed by atoms with Crippen LogP contribution in [-0.2, 0) is 16.0 Å². The molecule has 0 saturated carbocycles. The molecular weight excluding hydrogens is 329 g/mol.